The van der Waals surface area contributed by atoms with Gasteiger partial charge in [-0.15, -0.1) is 0 Å². The lowest BCUT2D eigenvalue weighted by Gasteiger charge is -2.46. The number of piperazine rings is 1. The Morgan fingerprint density at radius 3 is 2.51 bits per heavy atom. The minimum atomic E-state index is -0.841. The zero-order valence-electron chi connectivity index (χ0n) is 23.6. The summed E-state index contributed by atoms with van der Waals surface area (Å²) in [6, 6.07) is 3.75. The largest absolute Gasteiger partial charge is 0.491 e. The van der Waals surface area contributed by atoms with Crippen molar-refractivity contribution in [3.8, 4) is 16.9 Å². The molecule has 3 aliphatic heterocycles. The number of amidine groups is 1. The number of ether oxygens (including phenoxy) is 1. The molecular formula is C30H35Cl2F2N5O2. The van der Waals surface area contributed by atoms with Gasteiger partial charge in [0.15, 0.2) is 5.75 Å². The molecule has 2 aromatic carbocycles. The number of halogens is 4. The highest BCUT2D eigenvalue weighted by molar-refractivity contribution is 6.35. The summed E-state index contributed by atoms with van der Waals surface area (Å²) >= 11 is 13.1. The third kappa shape index (κ3) is 5.76. The van der Waals surface area contributed by atoms with Crippen LogP contribution in [0.25, 0.3) is 11.1 Å². The molecule has 3 heterocycles. The van der Waals surface area contributed by atoms with Crippen molar-refractivity contribution in [3.63, 3.8) is 0 Å². The van der Waals surface area contributed by atoms with E-state index in [1.165, 1.54) is 12.1 Å². The molecule has 0 radical (unpaired) electrons. The average molecular weight is 607 g/mol. The highest BCUT2D eigenvalue weighted by Crippen LogP contribution is 2.49. The van der Waals surface area contributed by atoms with Gasteiger partial charge < -0.3 is 24.3 Å². The van der Waals surface area contributed by atoms with E-state index in [-0.39, 0.29) is 33.6 Å². The third-order valence-electron chi connectivity index (χ3n) is 8.05. The van der Waals surface area contributed by atoms with E-state index < -0.39 is 11.6 Å². The molecule has 0 spiro atoms. The minimum Gasteiger partial charge on any atom is -0.491 e. The summed E-state index contributed by atoms with van der Waals surface area (Å²) in [7, 11) is 2.08. The van der Waals surface area contributed by atoms with Gasteiger partial charge in [0.05, 0.1) is 22.3 Å². The second-order valence-electron chi connectivity index (χ2n) is 11.0. The Bertz CT molecular complexity index is 1390. The molecule has 7 nitrogen and oxygen atoms in total. The van der Waals surface area contributed by atoms with Gasteiger partial charge in [0.2, 0.25) is 5.91 Å². The predicted octanol–water partition coefficient (Wildman–Crippen LogP) is 5.67. The number of rotatable bonds is 2. The SMILES string of the molecule is C=CC(=O)N1C[C@H](C)N(C2=NCN3CCCN(C)CCCOc4c(-c5cc(Cl)c(F)cc5F)c(Cl)cc2c43)C[C@H]1C. The van der Waals surface area contributed by atoms with E-state index in [1.54, 1.807) is 6.07 Å². The number of nitrogens with zero attached hydrogens (tertiary/aromatic N) is 5. The molecule has 0 aliphatic carbocycles. The third-order valence-corrected chi connectivity index (χ3v) is 8.64. The molecular weight excluding hydrogens is 571 g/mol. The second-order valence-corrected chi connectivity index (χ2v) is 11.8. The van der Waals surface area contributed by atoms with E-state index in [4.69, 9.17) is 32.9 Å². The van der Waals surface area contributed by atoms with Gasteiger partial charge in [-0.1, -0.05) is 29.8 Å². The molecule has 41 heavy (non-hydrogen) atoms. The van der Waals surface area contributed by atoms with Crippen LogP contribution in [0.3, 0.4) is 0 Å². The Labute approximate surface area is 249 Å². The van der Waals surface area contributed by atoms with Crippen molar-refractivity contribution in [1.82, 2.24) is 14.7 Å². The summed E-state index contributed by atoms with van der Waals surface area (Å²) in [4.78, 5) is 25.9. The molecule has 0 bridgehead atoms. The fraction of sp³-hybridized carbons (Fsp3) is 0.467. The van der Waals surface area contributed by atoms with Crippen molar-refractivity contribution in [2.75, 3.05) is 57.9 Å². The van der Waals surface area contributed by atoms with Crippen molar-refractivity contribution < 1.29 is 18.3 Å². The normalized spacial score (nSPS) is 21.9. The Balaban J connectivity index is 1.66. The van der Waals surface area contributed by atoms with Gasteiger partial charge in [0.1, 0.15) is 24.1 Å². The standard InChI is InChI=1S/C30H35Cl2F2N5O2/c1-5-26(40)38-15-19(3)39(16-18(38)2)30-21-13-23(32)27(20-12-22(31)25(34)14-24(20)33)29-28(21)37(17-35-30)10-6-8-36(4)9-7-11-41-29/h5,12-14,18-19H,1,6-11,15-17H2,2-4H3/t18-,19+/m1/s1. The Morgan fingerprint density at radius 1 is 1.02 bits per heavy atom. The van der Waals surface area contributed by atoms with Crippen molar-refractivity contribution in [2.24, 2.45) is 4.99 Å². The smallest absolute Gasteiger partial charge is 0.246 e. The molecule has 0 aromatic heterocycles. The lowest BCUT2D eigenvalue weighted by atomic mass is 9.96. The van der Waals surface area contributed by atoms with Gasteiger partial charge in [0, 0.05) is 61.0 Å². The monoisotopic (exact) mass is 605 g/mol. The van der Waals surface area contributed by atoms with Crippen molar-refractivity contribution in [1.29, 1.82) is 0 Å². The van der Waals surface area contributed by atoms with Crippen molar-refractivity contribution >= 4 is 40.6 Å². The first-order chi connectivity index (χ1) is 19.6. The van der Waals surface area contributed by atoms with Gasteiger partial charge in [-0.3, -0.25) is 4.79 Å². The van der Waals surface area contributed by atoms with Gasteiger partial charge in [0.25, 0.3) is 0 Å². The topological polar surface area (TPSA) is 51.6 Å². The van der Waals surface area contributed by atoms with Crippen LogP contribution in [-0.4, -0.2) is 91.6 Å². The zero-order valence-corrected chi connectivity index (χ0v) is 25.1. The summed E-state index contributed by atoms with van der Waals surface area (Å²) < 4.78 is 35.9. The maximum atomic E-state index is 15.3. The lowest BCUT2D eigenvalue weighted by molar-refractivity contribution is -0.130. The fourth-order valence-electron chi connectivity index (χ4n) is 5.94. The van der Waals surface area contributed by atoms with Crippen LogP contribution < -0.4 is 9.64 Å². The predicted molar refractivity (Wildman–Crippen MR) is 160 cm³/mol. The maximum absolute atomic E-state index is 15.3. The number of hydrogen-bond acceptors (Lipinski definition) is 6. The average Bonchev–Trinajstić information content (AvgIpc) is 2.97. The van der Waals surface area contributed by atoms with Crippen molar-refractivity contribution in [3.05, 3.63) is 58.1 Å². The van der Waals surface area contributed by atoms with Crippen molar-refractivity contribution in [2.45, 2.75) is 38.8 Å². The van der Waals surface area contributed by atoms with Crippen LogP contribution in [0.4, 0.5) is 14.5 Å². The van der Waals surface area contributed by atoms with E-state index in [0.717, 1.165) is 49.1 Å². The molecule has 2 atom stereocenters. The number of benzene rings is 2. The molecule has 1 saturated heterocycles. The summed E-state index contributed by atoms with van der Waals surface area (Å²) in [5.74, 6) is -0.521. The molecule has 220 valence electrons. The Kier molecular flexibility index (Phi) is 8.78. The fourth-order valence-corrected chi connectivity index (χ4v) is 6.40. The molecule has 0 saturated carbocycles. The van der Waals surface area contributed by atoms with E-state index in [1.807, 2.05) is 11.8 Å². The van der Waals surface area contributed by atoms with E-state index in [9.17, 15) is 9.18 Å². The second kappa shape index (κ2) is 12.2. The summed E-state index contributed by atoms with van der Waals surface area (Å²) in [6.45, 7) is 12.0. The molecule has 2 aromatic rings. The van der Waals surface area contributed by atoms with Gasteiger partial charge in [-0.05, 0) is 58.5 Å². The molecule has 0 N–H and O–H groups in total. The number of carbonyl (C=O) groups excluding carboxylic acids is 1. The molecule has 1 fully saturated rings. The van der Waals surface area contributed by atoms with Crippen LogP contribution in [0.15, 0.2) is 35.8 Å². The van der Waals surface area contributed by atoms with Gasteiger partial charge in [-0.2, -0.15) is 0 Å². The number of aliphatic imine (C=N–C) groups is 1. The minimum absolute atomic E-state index is 0.0276. The summed E-state index contributed by atoms with van der Waals surface area (Å²) in [5, 5.41) is 0.0533. The van der Waals surface area contributed by atoms with Gasteiger partial charge >= 0.3 is 0 Å². The van der Waals surface area contributed by atoms with Crippen LogP contribution in [0.5, 0.6) is 5.75 Å². The number of anilines is 1. The first kappa shape index (κ1) is 29.6. The molecule has 3 aliphatic rings. The van der Waals surface area contributed by atoms with Crippen LogP contribution >= 0.6 is 23.2 Å². The van der Waals surface area contributed by atoms with E-state index >= 15 is 4.39 Å². The van der Waals surface area contributed by atoms with Gasteiger partial charge in [-0.25, -0.2) is 13.8 Å². The number of carbonyl (C=O) groups is 1. The first-order valence-electron chi connectivity index (χ1n) is 13.9. The summed E-state index contributed by atoms with van der Waals surface area (Å²) in [5.41, 5.74) is 1.98. The first-order valence-corrected chi connectivity index (χ1v) is 14.7. The van der Waals surface area contributed by atoms with Crippen LogP contribution in [0.2, 0.25) is 10.0 Å². The summed E-state index contributed by atoms with van der Waals surface area (Å²) in [6.07, 6.45) is 3.00. The molecule has 1 amide bonds. The lowest BCUT2D eigenvalue weighted by Crippen LogP contribution is -2.60. The zero-order chi connectivity index (χ0) is 29.4. The Hall–Kier alpha value is -2.88. The Morgan fingerprint density at radius 2 is 1.76 bits per heavy atom. The number of amides is 1. The number of hydrogen-bond donors (Lipinski definition) is 0. The molecule has 11 heteroatoms. The molecule has 5 rings (SSSR count). The highest BCUT2D eigenvalue weighted by atomic mass is 35.5. The van der Waals surface area contributed by atoms with Crippen LogP contribution in [0, 0.1) is 11.6 Å². The van der Waals surface area contributed by atoms with Crippen LogP contribution in [-0.2, 0) is 4.79 Å². The maximum Gasteiger partial charge on any atom is 0.246 e. The van der Waals surface area contributed by atoms with E-state index in [0.29, 0.717) is 44.2 Å². The molecule has 0 unspecified atom stereocenters. The van der Waals surface area contributed by atoms with Crippen LogP contribution in [0.1, 0.15) is 32.3 Å². The van der Waals surface area contributed by atoms with E-state index in [2.05, 4.69) is 35.3 Å². The highest BCUT2D eigenvalue weighted by Gasteiger charge is 2.37. The quantitative estimate of drug-likeness (QED) is 0.326.